The van der Waals surface area contributed by atoms with E-state index in [0.717, 1.165) is 16.8 Å². The lowest BCUT2D eigenvalue weighted by molar-refractivity contribution is -0.114. The highest BCUT2D eigenvalue weighted by Gasteiger charge is 2.05. The third kappa shape index (κ3) is 4.34. The summed E-state index contributed by atoms with van der Waals surface area (Å²) in [7, 11) is 0. The molecule has 0 saturated carbocycles. The van der Waals surface area contributed by atoms with Crippen molar-refractivity contribution in [3.63, 3.8) is 0 Å². The van der Waals surface area contributed by atoms with Crippen molar-refractivity contribution in [2.75, 3.05) is 16.0 Å². The van der Waals surface area contributed by atoms with Gasteiger partial charge in [-0.3, -0.25) is 4.79 Å². The lowest BCUT2D eigenvalue weighted by Crippen LogP contribution is -2.20. The van der Waals surface area contributed by atoms with E-state index in [1.54, 1.807) is 24.3 Å². The van der Waals surface area contributed by atoms with E-state index in [1.807, 2.05) is 32.0 Å². The average Bonchev–Trinajstić information content (AvgIpc) is 2.44. The van der Waals surface area contributed by atoms with E-state index in [2.05, 4.69) is 16.0 Å². The molecule has 0 heterocycles. The van der Waals surface area contributed by atoms with Crippen LogP contribution in [0.3, 0.4) is 0 Å². The van der Waals surface area contributed by atoms with Crippen LogP contribution in [-0.4, -0.2) is 11.9 Å². The van der Waals surface area contributed by atoms with Crippen LogP contribution in [0.25, 0.3) is 0 Å². The maximum absolute atomic E-state index is 12.0. The molecule has 0 unspecified atom stereocenters. The molecule has 0 aromatic heterocycles. The van der Waals surface area contributed by atoms with E-state index in [-0.39, 0.29) is 11.9 Å². The highest BCUT2D eigenvalue weighted by molar-refractivity contribution is 6.00. The molecule has 0 aliphatic rings. The Morgan fingerprint density at radius 3 is 2.00 bits per heavy atom. The van der Waals surface area contributed by atoms with Crippen molar-refractivity contribution in [3.05, 3.63) is 53.6 Å². The molecule has 2 rings (SSSR count). The zero-order valence-corrected chi connectivity index (χ0v) is 12.9. The number of rotatable bonds is 3. The van der Waals surface area contributed by atoms with E-state index in [9.17, 15) is 9.59 Å². The first-order valence-corrected chi connectivity index (χ1v) is 6.97. The highest BCUT2D eigenvalue weighted by atomic mass is 16.2. The molecule has 5 heteroatoms. The van der Waals surface area contributed by atoms with Crippen molar-refractivity contribution in [3.8, 4) is 0 Å². The second-order valence-corrected chi connectivity index (χ2v) is 5.16. The summed E-state index contributed by atoms with van der Waals surface area (Å²) in [6.45, 7) is 5.37. The standard InChI is InChI=1S/C17H19N3O2/c1-11-4-5-12(2)16(10-11)20-17(22)19-15-8-6-14(7-9-15)18-13(3)21/h4-10H,1-3H3,(H,18,21)(H2,19,20,22). The third-order valence-corrected chi connectivity index (χ3v) is 3.10. The van der Waals surface area contributed by atoms with Crippen LogP contribution in [0.4, 0.5) is 21.9 Å². The van der Waals surface area contributed by atoms with Gasteiger partial charge in [0, 0.05) is 24.0 Å². The number of benzene rings is 2. The summed E-state index contributed by atoms with van der Waals surface area (Å²) >= 11 is 0. The van der Waals surface area contributed by atoms with Crippen LogP contribution in [0.2, 0.25) is 0 Å². The van der Waals surface area contributed by atoms with Crippen molar-refractivity contribution in [1.29, 1.82) is 0 Å². The number of carbonyl (C=O) groups is 2. The molecule has 114 valence electrons. The van der Waals surface area contributed by atoms with Gasteiger partial charge < -0.3 is 16.0 Å². The molecule has 3 N–H and O–H groups in total. The molecule has 3 amide bonds. The van der Waals surface area contributed by atoms with E-state index in [0.29, 0.717) is 11.4 Å². The summed E-state index contributed by atoms with van der Waals surface area (Å²) < 4.78 is 0. The molecule has 0 aliphatic carbocycles. The smallest absolute Gasteiger partial charge is 0.323 e. The van der Waals surface area contributed by atoms with Gasteiger partial charge in [0.2, 0.25) is 5.91 Å². The minimum Gasteiger partial charge on any atom is -0.326 e. The predicted octanol–water partition coefficient (Wildman–Crippen LogP) is 3.91. The zero-order valence-electron chi connectivity index (χ0n) is 12.9. The fourth-order valence-electron chi connectivity index (χ4n) is 2.00. The molecule has 0 bridgehead atoms. The minimum atomic E-state index is -0.305. The summed E-state index contributed by atoms with van der Waals surface area (Å²) in [4.78, 5) is 23.0. The number of hydrogen-bond donors (Lipinski definition) is 3. The number of hydrogen-bond acceptors (Lipinski definition) is 2. The summed E-state index contributed by atoms with van der Waals surface area (Å²) in [6, 6.07) is 12.5. The Hall–Kier alpha value is -2.82. The van der Waals surface area contributed by atoms with Crippen molar-refractivity contribution in [2.45, 2.75) is 20.8 Å². The summed E-state index contributed by atoms with van der Waals surface area (Å²) in [6.07, 6.45) is 0. The van der Waals surface area contributed by atoms with Crippen LogP contribution in [0.1, 0.15) is 18.1 Å². The maximum atomic E-state index is 12.0. The summed E-state index contributed by atoms with van der Waals surface area (Å²) in [5, 5.41) is 8.25. The topological polar surface area (TPSA) is 70.2 Å². The largest absolute Gasteiger partial charge is 0.326 e. The van der Waals surface area contributed by atoms with Gasteiger partial charge in [-0.2, -0.15) is 0 Å². The number of aryl methyl sites for hydroxylation is 2. The van der Waals surface area contributed by atoms with Crippen molar-refractivity contribution < 1.29 is 9.59 Å². The Balaban J connectivity index is 1.99. The van der Waals surface area contributed by atoms with Crippen LogP contribution >= 0.6 is 0 Å². The Bertz CT molecular complexity index is 694. The van der Waals surface area contributed by atoms with E-state index in [4.69, 9.17) is 0 Å². The highest BCUT2D eigenvalue weighted by Crippen LogP contribution is 2.18. The quantitative estimate of drug-likeness (QED) is 0.804. The predicted molar refractivity (Wildman–Crippen MR) is 89.3 cm³/mol. The van der Waals surface area contributed by atoms with Gasteiger partial charge >= 0.3 is 6.03 Å². The average molecular weight is 297 g/mol. The minimum absolute atomic E-state index is 0.131. The Morgan fingerprint density at radius 2 is 1.41 bits per heavy atom. The molecule has 0 atom stereocenters. The SMILES string of the molecule is CC(=O)Nc1ccc(NC(=O)Nc2cc(C)ccc2C)cc1. The molecule has 0 fully saturated rings. The van der Waals surface area contributed by atoms with Gasteiger partial charge in [-0.15, -0.1) is 0 Å². The first kappa shape index (κ1) is 15.6. The van der Waals surface area contributed by atoms with E-state index >= 15 is 0 Å². The fraction of sp³-hybridized carbons (Fsp3) is 0.176. The molecule has 22 heavy (non-hydrogen) atoms. The van der Waals surface area contributed by atoms with Crippen molar-refractivity contribution in [2.24, 2.45) is 0 Å². The van der Waals surface area contributed by atoms with Crippen LogP contribution in [0.15, 0.2) is 42.5 Å². The Labute approximate surface area is 129 Å². The van der Waals surface area contributed by atoms with Gasteiger partial charge in [0.15, 0.2) is 0 Å². The van der Waals surface area contributed by atoms with Gasteiger partial charge in [0.25, 0.3) is 0 Å². The molecular weight excluding hydrogens is 278 g/mol. The van der Waals surface area contributed by atoms with Gasteiger partial charge in [-0.05, 0) is 55.3 Å². The first-order chi connectivity index (χ1) is 10.4. The summed E-state index contributed by atoms with van der Waals surface area (Å²) in [5.41, 5.74) is 4.21. The van der Waals surface area contributed by atoms with Gasteiger partial charge in [-0.1, -0.05) is 12.1 Å². The van der Waals surface area contributed by atoms with Gasteiger partial charge in [0.05, 0.1) is 0 Å². The zero-order chi connectivity index (χ0) is 16.1. The molecule has 2 aromatic carbocycles. The van der Waals surface area contributed by atoms with Crippen LogP contribution in [-0.2, 0) is 4.79 Å². The second kappa shape index (κ2) is 6.76. The van der Waals surface area contributed by atoms with Crippen LogP contribution in [0.5, 0.6) is 0 Å². The van der Waals surface area contributed by atoms with Crippen molar-refractivity contribution in [1.82, 2.24) is 0 Å². The summed E-state index contributed by atoms with van der Waals surface area (Å²) in [5.74, 6) is -0.131. The maximum Gasteiger partial charge on any atom is 0.323 e. The number of nitrogens with one attached hydrogen (secondary N) is 3. The van der Waals surface area contributed by atoms with E-state index in [1.165, 1.54) is 6.92 Å². The molecule has 2 aromatic rings. The molecule has 5 nitrogen and oxygen atoms in total. The lowest BCUT2D eigenvalue weighted by atomic mass is 10.1. The van der Waals surface area contributed by atoms with Crippen LogP contribution < -0.4 is 16.0 Å². The number of urea groups is 1. The molecule has 0 saturated heterocycles. The van der Waals surface area contributed by atoms with Crippen LogP contribution in [0, 0.1) is 13.8 Å². The van der Waals surface area contributed by atoms with E-state index < -0.39 is 0 Å². The Kier molecular flexibility index (Phi) is 4.78. The third-order valence-electron chi connectivity index (χ3n) is 3.10. The lowest BCUT2D eigenvalue weighted by Gasteiger charge is -2.11. The fourth-order valence-corrected chi connectivity index (χ4v) is 2.00. The number of carbonyl (C=O) groups excluding carboxylic acids is 2. The Morgan fingerprint density at radius 1 is 0.818 bits per heavy atom. The second-order valence-electron chi connectivity index (χ2n) is 5.16. The molecule has 0 radical (unpaired) electrons. The molecule has 0 aliphatic heterocycles. The number of anilines is 3. The normalized spacial score (nSPS) is 9.95. The number of amides is 3. The monoisotopic (exact) mass is 297 g/mol. The van der Waals surface area contributed by atoms with Crippen molar-refractivity contribution >= 4 is 29.0 Å². The molecular formula is C17H19N3O2. The van der Waals surface area contributed by atoms with Gasteiger partial charge in [-0.25, -0.2) is 4.79 Å². The first-order valence-electron chi connectivity index (χ1n) is 6.97. The van der Waals surface area contributed by atoms with Gasteiger partial charge in [0.1, 0.15) is 0 Å². The molecule has 0 spiro atoms.